The summed E-state index contributed by atoms with van der Waals surface area (Å²) in [6.07, 6.45) is 2.09. The third kappa shape index (κ3) is 4.77. The fraction of sp³-hybridized carbons (Fsp3) is 0.846. The third-order valence-corrected chi connectivity index (χ3v) is 5.67. The SMILES string of the molecule is CC(C)CC(CNC(=O)C1CCCCS1(=O)=O)C(=O)O. The van der Waals surface area contributed by atoms with E-state index in [2.05, 4.69) is 5.32 Å². The summed E-state index contributed by atoms with van der Waals surface area (Å²) >= 11 is 0. The summed E-state index contributed by atoms with van der Waals surface area (Å²) in [6, 6.07) is 0. The molecule has 1 aliphatic heterocycles. The van der Waals surface area contributed by atoms with Crippen molar-refractivity contribution in [1.82, 2.24) is 5.32 Å². The average molecular weight is 305 g/mol. The molecular formula is C13H23NO5S. The highest BCUT2D eigenvalue weighted by Gasteiger charge is 2.35. The van der Waals surface area contributed by atoms with E-state index in [0.717, 1.165) is 0 Å². The van der Waals surface area contributed by atoms with Crippen LogP contribution in [0.25, 0.3) is 0 Å². The molecule has 0 aromatic rings. The first-order valence-corrected chi connectivity index (χ1v) is 8.67. The van der Waals surface area contributed by atoms with Gasteiger partial charge in [-0.1, -0.05) is 20.3 Å². The molecule has 2 N–H and O–H groups in total. The smallest absolute Gasteiger partial charge is 0.308 e. The van der Waals surface area contributed by atoms with E-state index in [1.807, 2.05) is 13.8 Å². The second-order valence-electron chi connectivity index (χ2n) is 5.76. The van der Waals surface area contributed by atoms with Gasteiger partial charge in [0.05, 0.1) is 11.7 Å². The van der Waals surface area contributed by atoms with Crippen molar-refractivity contribution in [2.75, 3.05) is 12.3 Å². The highest BCUT2D eigenvalue weighted by molar-refractivity contribution is 7.92. The van der Waals surface area contributed by atoms with Crippen LogP contribution >= 0.6 is 0 Å². The molecule has 1 heterocycles. The molecule has 0 bridgehead atoms. The molecule has 1 aliphatic rings. The summed E-state index contributed by atoms with van der Waals surface area (Å²) in [5, 5.41) is 10.6. The number of hydrogen-bond donors (Lipinski definition) is 2. The van der Waals surface area contributed by atoms with Crippen molar-refractivity contribution in [2.24, 2.45) is 11.8 Å². The molecule has 6 nitrogen and oxygen atoms in total. The molecule has 2 atom stereocenters. The van der Waals surface area contributed by atoms with Gasteiger partial charge in [-0.25, -0.2) is 8.42 Å². The predicted molar refractivity (Wildman–Crippen MR) is 75.0 cm³/mol. The summed E-state index contributed by atoms with van der Waals surface area (Å²) in [5.74, 6) is -1.96. The van der Waals surface area contributed by atoms with Crippen LogP contribution in [0.2, 0.25) is 0 Å². The number of carbonyl (C=O) groups excluding carboxylic acids is 1. The molecule has 0 aromatic heterocycles. The molecule has 20 heavy (non-hydrogen) atoms. The van der Waals surface area contributed by atoms with Gasteiger partial charge in [-0.3, -0.25) is 9.59 Å². The Balaban J connectivity index is 2.59. The Morgan fingerprint density at radius 1 is 1.30 bits per heavy atom. The first-order chi connectivity index (χ1) is 9.24. The minimum absolute atomic E-state index is 0.0155. The van der Waals surface area contributed by atoms with E-state index in [4.69, 9.17) is 5.11 Å². The molecule has 0 spiro atoms. The lowest BCUT2D eigenvalue weighted by molar-refractivity contribution is -0.142. The van der Waals surface area contributed by atoms with Gasteiger partial charge in [-0.05, 0) is 25.2 Å². The predicted octanol–water partition coefficient (Wildman–Crippen LogP) is 0.817. The maximum absolute atomic E-state index is 11.9. The Kier molecular flexibility index (Phi) is 5.98. The summed E-state index contributed by atoms with van der Waals surface area (Å²) in [6.45, 7) is 3.80. The fourth-order valence-corrected chi connectivity index (χ4v) is 4.25. The van der Waals surface area contributed by atoms with Gasteiger partial charge in [0.25, 0.3) is 0 Å². The van der Waals surface area contributed by atoms with Gasteiger partial charge in [-0.2, -0.15) is 0 Å². The number of aliphatic carboxylic acids is 1. The van der Waals surface area contributed by atoms with Crippen LogP contribution in [0.4, 0.5) is 0 Å². The van der Waals surface area contributed by atoms with Crippen LogP contribution in [-0.4, -0.2) is 42.9 Å². The molecule has 0 saturated carbocycles. The van der Waals surface area contributed by atoms with E-state index < -0.39 is 32.9 Å². The number of amides is 1. The maximum Gasteiger partial charge on any atom is 0.308 e. The second-order valence-corrected chi connectivity index (χ2v) is 8.06. The van der Waals surface area contributed by atoms with Crippen molar-refractivity contribution < 1.29 is 23.1 Å². The summed E-state index contributed by atoms with van der Waals surface area (Å²) in [7, 11) is -3.37. The van der Waals surface area contributed by atoms with Crippen molar-refractivity contribution in [2.45, 2.75) is 44.8 Å². The van der Waals surface area contributed by atoms with Gasteiger partial charge in [0.15, 0.2) is 9.84 Å². The van der Waals surface area contributed by atoms with E-state index >= 15 is 0 Å². The number of carbonyl (C=O) groups is 2. The highest BCUT2D eigenvalue weighted by atomic mass is 32.2. The average Bonchev–Trinajstić information content (AvgIpc) is 2.32. The van der Waals surface area contributed by atoms with Crippen molar-refractivity contribution in [3.8, 4) is 0 Å². The molecular weight excluding hydrogens is 282 g/mol. The summed E-state index contributed by atoms with van der Waals surface area (Å²) in [5.41, 5.74) is 0. The van der Waals surface area contributed by atoms with Crippen LogP contribution in [0.15, 0.2) is 0 Å². The summed E-state index contributed by atoms with van der Waals surface area (Å²) in [4.78, 5) is 23.0. The minimum Gasteiger partial charge on any atom is -0.481 e. The largest absolute Gasteiger partial charge is 0.481 e. The Morgan fingerprint density at radius 3 is 2.45 bits per heavy atom. The molecule has 1 amide bonds. The molecule has 1 rings (SSSR count). The van der Waals surface area contributed by atoms with Gasteiger partial charge in [0.1, 0.15) is 5.25 Å². The van der Waals surface area contributed by atoms with Crippen molar-refractivity contribution in [3.63, 3.8) is 0 Å². The Morgan fingerprint density at radius 2 is 1.95 bits per heavy atom. The lowest BCUT2D eigenvalue weighted by Crippen LogP contribution is -2.45. The van der Waals surface area contributed by atoms with E-state index in [1.54, 1.807) is 0 Å². The molecule has 2 unspecified atom stereocenters. The van der Waals surface area contributed by atoms with Crippen LogP contribution in [0.5, 0.6) is 0 Å². The first-order valence-electron chi connectivity index (χ1n) is 6.96. The van der Waals surface area contributed by atoms with Crippen molar-refractivity contribution in [3.05, 3.63) is 0 Å². The monoisotopic (exact) mass is 305 g/mol. The van der Waals surface area contributed by atoms with E-state index in [-0.39, 0.29) is 18.2 Å². The van der Waals surface area contributed by atoms with Crippen molar-refractivity contribution >= 4 is 21.7 Å². The maximum atomic E-state index is 11.9. The molecule has 0 radical (unpaired) electrons. The Labute approximate surface area is 119 Å². The number of nitrogens with one attached hydrogen (secondary N) is 1. The quantitative estimate of drug-likeness (QED) is 0.756. The summed E-state index contributed by atoms with van der Waals surface area (Å²) < 4.78 is 23.6. The Hall–Kier alpha value is -1.11. The molecule has 1 saturated heterocycles. The van der Waals surface area contributed by atoms with Gasteiger partial charge in [0.2, 0.25) is 5.91 Å². The molecule has 0 aromatic carbocycles. The molecule has 116 valence electrons. The molecule has 0 aliphatic carbocycles. The number of sulfone groups is 1. The zero-order valence-corrected chi connectivity index (χ0v) is 12.8. The van der Waals surface area contributed by atoms with Crippen molar-refractivity contribution in [1.29, 1.82) is 0 Å². The van der Waals surface area contributed by atoms with Crippen LogP contribution < -0.4 is 5.32 Å². The number of carboxylic acids is 1. The lowest BCUT2D eigenvalue weighted by Gasteiger charge is -2.22. The van der Waals surface area contributed by atoms with Crippen LogP contribution in [0.3, 0.4) is 0 Å². The van der Waals surface area contributed by atoms with Gasteiger partial charge >= 0.3 is 5.97 Å². The normalized spacial score (nSPS) is 23.2. The minimum atomic E-state index is -3.37. The fourth-order valence-electron chi connectivity index (χ4n) is 2.43. The number of carboxylic acid groups (broad SMARTS) is 1. The zero-order valence-electron chi connectivity index (χ0n) is 12.0. The van der Waals surface area contributed by atoms with Gasteiger partial charge in [-0.15, -0.1) is 0 Å². The van der Waals surface area contributed by atoms with Crippen LogP contribution in [0.1, 0.15) is 39.5 Å². The van der Waals surface area contributed by atoms with Gasteiger partial charge < -0.3 is 10.4 Å². The van der Waals surface area contributed by atoms with E-state index in [9.17, 15) is 18.0 Å². The Bertz CT molecular complexity index is 457. The lowest BCUT2D eigenvalue weighted by atomic mass is 9.97. The number of rotatable bonds is 6. The highest BCUT2D eigenvalue weighted by Crippen LogP contribution is 2.20. The zero-order chi connectivity index (χ0) is 15.3. The number of hydrogen-bond acceptors (Lipinski definition) is 4. The first kappa shape index (κ1) is 16.9. The topological polar surface area (TPSA) is 101 Å². The molecule has 7 heteroatoms. The van der Waals surface area contributed by atoms with E-state index in [0.29, 0.717) is 25.7 Å². The second kappa shape index (κ2) is 7.06. The van der Waals surface area contributed by atoms with Crippen LogP contribution in [-0.2, 0) is 19.4 Å². The van der Waals surface area contributed by atoms with E-state index in [1.165, 1.54) is 0 Å². The molecule has 1 fully saturated rings. The standard InChI is InChI=1S/C13H23NO5S/c1-9(2)7-10(13(16)17)8-14-12(15)11-5-3-4-6-20(11,18)19/h9-11H,3-8H2,1-2H3,(H,14,15)(H,16,17). The van der Waals surface area contributed by atoms with Crippen LogP contribution in [0, 0.1) is 11.8 Å². The third-order valence-electron chi connectivity index (χ3n) is 3.50. The van der Waals surface area contributed by atoms with Gasteiger partial charge in [0, 0.05) is 6.54 Å².